The van der Waals surface area contributed by atoms with Gasteiger partial charge in [-0.2, -0.15) is 0 Å². The standard InChI is InChI=1S/C16H35BO/c1-6-8-10-12-14-17(18-16(3,4)5)15-13-11-9-7-2/h6-15H2,1-5H3. The fraction of sp³-hybridized carbons (Fsp3) is 1.00. The van der Waals surface area contributed by atoms with Gasteiger partial charge in [0.25, 0.3) is 6.92 Å². The normalized spacial score (nSPS) is 11.8. The fourth-order valence-corrected chi connectivity index (χ4v) is 2.36. The van der Waals surface area contributed by atoms with Gasteiger partial charge in [-0.25, -0.2) is 0 Å². The van der Waals surface area contributed by atoms with Crippen molar-refractivity contribution in [2.24, 2.45) is 0 Å². The van der Waals surface area contributed by atoms with E-state index in [0.717, 1.165) is 0 Å². The predicted octanol–water partition coefficient (Wildman–Crippen LogP) is 5.95. The molecule has 0 aromatic rings. The second kappa shape index (κ2) is 10.9. The summed E-state index contributed by atoms with van der Waals surface area (Å²) in [6.45, 7) is 11.6. The third-order valence-corrected chi connectivity index (χ3v) is 3.28. The van der Waals surface area contributed by atoms with E-state index in [4.69, 9.17) is 4.65 Å². The second-order valence-corrected chi connectivity index (χ2v) is 6.55. The number of hydrogen-bond donors (Lipinski definition) is 0. The molecule has 0 amide bonds. The maximum absolute atomic E-state index is 6.20. The molecule has 0 radical (unpaired) electrons. The summed E-state index contributed by atoms with van der Waals surface area (Å²) in [6.07, 6.45) is 13.3. The van der Waals surface area contributed by atoms with Crippen molar-refractivity contribution in [1.82, 2.24) is 0 Å². The maximum Gasteiger partial charge on any atom is 0.293 e. The molecule has 108 valence electrons. The maximum atomic E-state index is 6.20. The molecular weight excluding hydrogens is 219 g/mol. The predicted molar refractivity (Wildman–Crippen MR) is 84.5 cm³/mol. The van der Waals surface area contributed by atoms with Gasteiger partial charge in [0, 0.05) is 5.60 Å². The molecule has 0 heterocycles. The first-order valence-corrected chi connectivity index (χ1v) is 8.17. The minimum absolute atomic E-state index is 0.0141. The van der Waals surface area contributed by atoms with Gasteiger partial charge in [-0.15, -0.1) is 0 Å². The van der Waals surface area contributed by atoms with Crippen LogP contribution in [0.5, 0.6) is 0 Å². The highest BCUT2D eigenvalue weighted by molar-refractivity contribution is 6.51. The zero-order valence-corrected chi connectivity index (χ0v) is 13.6. The smallest absolute Gasteiger partial charge is 0.293 e. The molecular formula is C16H35BO. The summed E-state index contributed by atoms with van der Waals surface area (Å²) in [6, 6.07) is 0. The lowest BCUT2D eigenvalue weighted by molar-refractivity contribution is 0.127. The fourth-order valence-electron chi connectivity index (χ4n) is 2.36. The molecule has 18 heavy (non-hydrogen) atoms. The van der Waals surface area contributed by atoms with Crippen molar-refractivity contribution in [1.29, 1.82) is 0 Å². The molecule has 0 bridgehead atoms. The number of unbranched alkanes of at least 4 members (excludes halogenated alkanes) is 6. The first-order chi connectivity index (χ1) is 8.49. The van der Waals surface area contributed by atoms with E-state index in [0.29, 0.717) is 6.92 Å². The second-order valence-electron chi connectivity index (χ2n) is 6.55. The molecule has 0 N–H and O–H groups in total. The van der Waals surface area contributed by atoms with Crippen LogP contribution in [-0.2, 0) is 4.65 Å². The van der Waals surface area contributed by atoms with E-state index in [1.54, 1.807) is 0 Å². The summed E-state index contributed by atoms with van der Waals surface area (Å²) in [5.41, 5.74) is 0.0141. The zero-order valence-electron chi connectivity index (χ0n) is 13.6. The molecule has 0 atom stereocenters. The number of hydrogen-bond acceptors (Lipinski definition) is 1. The Labute approximate surface area is 116 Å². The largest absolute Gasteiger partial charge is 0.432 e. The Morgan fingerprint density at radius 2 is 1.17 bits per heavy atom. The molecule has 0 saturated carbocycles. The lowest BCUT2D eigenvalue weighted by Gasteiger charge is -2.26. The van der Waals surface area contributed by atoms with Crippen molar-refractivity contribution in [3.05, 3.63) is 0 Å². The van der Waals surface area contributed by atoms with Crippen LogP contribution in [-0.4, -0.2) is 12.5 Å². The molecule has 0 saturated heterocycles. The van der Waals surface area contributed by atoms with Crippen molar-refractivity contribution in [2.75, 3.05) is 0 Å². The van der Waals surface area contributed by atoms with Crippen LogP contribution >= 0.6 is 0 Å². The Morgan fingerprint density at radius 1 is 0.722 bits per heavy atom. The molecule has 0 fully saturated rings. The molecule has 0 aliphatic heterocycles. The van der Waals surface area contributed by atoms with Gasteiger partial charge in [-0.1, -0.05) is 65.2 Å². The van der Waals surface area contributed by atoms with E-state index in [1.807, 2.05) is 0 Å². The molecule has 0 aromatic carbocycles. The van der Waals surface area contributed by atoms with Crippen LogP contribution < -0.4 is 0 Å². The van der Waals surface area contributed by atoms with E-state index in [2.05, 4.69) is 34.6 Å². The number of rotatable bonds is 11. The van der Waals surface area contributed by atoms with Crippen LogP contribution in [0, 0.1) is 0 Å². The highest BCUT2D eigenvalue weighted by atomic mass is 16.5. The Hall–Kier alpha value is 0.0249. The van der Waals surface area contributed by atoms with E-state index in [1.165, 1.54) is 64.0 Å². The van der Waals surface area contributed by atoms with Crippen molar-refractivity contribution in [2.45, 2.75) is 104 Å². The quantitative estimate of drug-likeness (QED) is 0.327. The first-order valence-electron chi connectivity index (χ1n) is 8.17. The van der Waals surface area contributed by atoms with Crippen LogP contribution in [0.25, 0.3) is 0 Å². The van der Waals surface area contributed by atoms with Crippen LogP contribution in [0.1, 0.15) is 86.0 Å². The zero-order chi connectivity index (χ0) is 13.9. The van der Waals surface area contributed by atoms with E-state index in [-0.39, 0.29) is 5.60 Å². The van der Waals surface area contributed by atoms with Gasteiger partial charge in [0.15, 0.2) is 0 Å². The third-order valence-electron chi connectivity index (χ3n) is 3.28. The topological polar surface area (TPSA) is 9.23 Å². The molecule has 0 aliphatic rings. The lowest BCUT2D eigenvalue weighted by Crippen LogP contribution is -2.30. The summed E-state index contributed by atoms with van der Waals surface area (Å²) in [7, 11) is 0. The van der Waals surface area contributed by atoms with Gasteiger partial charge >= 0.3 is 0 Å². The third kappa shape index (κ3) is 12.5. The summed E-state index contributed by atoms with van der Waals surface area (Å²) in [5, 5.41) is 0. The van der Waals surface area contributed by atoms with E-state index < -0.39 is 0 Å². The van der Waals surface area contributed by atoms with E-state index in [9.17, 15) is 0 Å². The summed E-state index contributed by atoms with van der Waals surface area (Å²) < 4.78 is 6.20. The SMILES string of the molecule is CCCCCCB(CCCCCC)OC(C)(C)C. The van der Waals surface area contributed by atoms with Crippen molar-refractivity contribution in [3.8, 4) is 0 Å². The van der Waals surface area contributed by atoms with Gasteiger partial charge in [-0.05, 0) is 33.4 Å². The lowest BCUT2D eigenvalue weighted by atomic mass is 9.58. The van der Waals surface area contributed by atoms with Crippen molar-refractivity contribution in [3.63, 3.8) is 0 Å². The van der Waals surface area contributed by atoms with Crippen LogP contribution in [0.4, 0.5) is 0 Å². The molecule has 0 aromatic heterocycles. The minimum atomic E-state index is 0.0141. The van der Waals surface area contributed by atoms with Gasteiger partial charge in [0.2, 0.25) is 0 Å². The van der Waals surface area contributed by atoms with Crippen LogP contribution in [0.3, 0.4) is 0 Å². The highest BCUT2D eigenvalue weighted by Crippen LogP contribution is 2.19. The van der Waals surface area contributed by atoms with E-state index >= 15 is 0 Å². The molecule has 1 nitrogen and oxygen atoms in total. The first kappa shape index (κ1) is 18.0. The Bertz CT molecular complexity index is 162. The molecule has 0 rings (SSSR count). The molecule has 0 unspecified atom stereocenters. The molecule has 2 heteroatoms. The minimum Gasteiger partial charge on any atom is -0.432 e. The Morgan fingerprint density at radius 3 is 1.50 bits per heavy atom. The van der Waals surface area contributed by atoms with Crippen LogP contribution in [0.15, 0.2) is 0 Å². The molecule has 0 spiro atoms. The van der Waals surface area contributed by atoms with Crippen molar-refractivity contribution < 1.29 is 4.65 Å². The molecule has 0 aliphatic carbocycles. The average Bonchev–Trinajstić information content (AvgIpc) is 2.28. The summed E-state index contributed by atoms with van der Waals surface area (Å²) in [4.78, 5) is 0. The van der Waals surface area contributed by atoms with Gasteiger partial charge in [0.05, 0.1) is 0 Å². The van der Waals surface area contributed by atoms with Crippen LogP contribution in [0.2, 0.25) is 12.6 Å². The highest BCUT2D eigenvalue weighted by Gasteiger charge is 2.21. The summed E-state index contributed by atoms with van der Waals surface area (Å²) >= 11 is 0. The van der Waals surface area contributed by atoms with Gasteiger partial charge in [-0.3, -0.25) is 0 Å². The Kier molecular flexibility index (Phi) is 10.9. The monoisotopic (exact) mass is 254 g/mol. The van der Waals surface area contributed by atoms with Gasteiger partial charge in [0.1, 0.15) is 0 Å². The van der Waals surface area contributed by atoms with Gasteiger partial charge < -0.3 is 4.65 Å². The average molecular weight is 254 g/mol. The van der Waals surface area contributed by atoms with Crippen molar-refractivity contribution >= 4 is 6.92 Å². The summed E-state index contributed by atoms with van der Waals surface area (Å²) in [5.74, 6) is 0. The Balaban J connectivity index is 3.85.